The molecule has 27 heavy (non-hydrogen) atoms. The van der Waals surface area contributed by atoms with E-state index in [1.54, 1.807) is 0 Å². The van der Waals surface area contributed by atoms with Gasteiger partial charge in [0.25, 0.3) is 5.91 Å². The first-order valence-electron chi connectivity index (χ1n) is 9.50. The highest BCUT2D eigenvalue weighted by atomic mass is 19.4. The van der Waals surface area contributed by atoms with Crippen molar-refractivity contribution in [3.8, 4) is 0 Å². The maximum Gasteiger partial charge on any atom is 0.416 e. The van der Waals surface area contributed by atoms with Crippen LogP contribution in [0.3, 0.4) is 0 Å². The molecule has 4 unspecified atom stereocenters. The molecular formula is C20H25F3N2O2. The number of amides is 2. The number of carbonyl (C=O) groups is 2. The zero-order chi connectivity index (χ0) is 19.6. The molecule has 148 valence electrons. The lowest BCUT2D eigenvalue weighted by Gasteiger charge is -2.41. The summed E-state index contributed by atoms with van der Waals surface area (Å²) in [6.07, 6.45) is 0.146. The molecule has 2 N–H and O–H groups in total. The SMILES string of the molecule is CC1CCC2CC(CCNC(=O)c3cccc(C(F)(F)F)c3)C(=O)NC2C1. The molecule has 1 saturated heterocycles. The number of hydrogen-bond donors (Lipinski definition) is 2. The Morgan fingerprint density at radius 3 is 2.78 bits per heavy atom. The fraction of sp³-hybridized carbons (Fsp3) is 0.600. The van der Waals surface area contributed by atoms with Gasteiger partial charge in [-0.2, -0.15) is 13.2 Å². The van der Waals surface area contributed by atoms with Crippen molar-refractivity contribution in [2.24, 2.45) is 17.8 Å². The van der Waals surface area contributed by atoms with E-state index in [0.717, 1.165) is 31.4 Å². The highest BCUT2D eigenvalue weighted by molar-refractivity contribution is 5.94. The molecule has 2 amide bonds. The Morgan fingerprint density at radius 1 is 1.26 bits per heavy atom. The average molecular weight is 382 g/mol. The maximum absolute atomic E-state index is 12.8. The predicted molar refractivity (Wildman–Crippen MR) is 94.9 cm³/mol. The molecule has 0 bridgehead atoms. The van der Waals surface area contributed by atoms with E-state index in [2.05, 4.69) is 17.6 Å². The standard InChI is InChI=1S/C20H25F3N2O2/c1-12-5-6-13-10-15(19(27)25-17(13)9-12)7-8-24-18(26)14-3-2-4-16(11-14)20(21,22)23/h2-4,11-13,15,17H,5-10H2,1H3,(H,24,26)(H,25,27). The molecule has 1 aromatic rings. The summed E-state index contributed by atoms with van der Waals surface area (Å²) in [4.78, 5) is 24.4. The minimum Gasteiger partial charge on any atom is -0.353 e. The van der Waals surface area contributed by atoms with Crippen LogP contribution >= 0.6 is 0 Å². The van der Waals surface area contributed by atoms with Gasteiger partial charge in [0, 0.05) is 24.1 Å². The molecule has 2 fully saturated rings. The number of piperidine rings is 1. The van der Waals surface area contributed by atoms with Crippen LogP contribution in [0.5, 0.6) is 0 Å². The molecule has 0 aromatic heterocycles. The summed E-state index contributed by atoms with van der Waals surface area (Å²) in [5.41, 5.74) is -0.876. The first-order chi connectivity index (χ1) is 12.7. The number of carbonyl (C=O) groups excluding carboxylic acids is 2. The summed E-state index contributed by atoms with van der Waals surface area (Å²) in [5.74, 6) is 0.444. The molecule has 1 heterocycles. The van der Waals surface area contributed by atoms with Crippen LogP contribution in [0.15, 0.2) is 24.3 Å². The third kappa shape index (κ3) is 4.82. The van der Waals surface area contributed by atoms with Crippen LogP contribution in [-0.2, 0) is 11.0 Å². The number of hydrogen-bond acceptors (Lipinski definition) is 2. The van der Waals surface area contributed by atoms with Crippen molar-refractivity contribution in [3.63, 3.8) is 0 Å². The van der Waals surface area contributed by atoms with E-state index in [9.17, 15) is 22.8 Å². The van der Waals surface area contributed by atoms with Gasteiger partial charge in [0.2, 0.25) is 5.91 Å². The summed E-state index contributed by atoms with van der Waals surface area (Å²) in [7, 11) is 0. The van der Waals surface area contributed by atoms with Gasteiger partial charge in [-0.1, -0.05) is 19.4 Å². The fourth-order valence-electron chi connectivity index (χ4n) is 4.22. The van der Waals surface area contributed by atoms with Crippen LogP contribution < -0.4 is 10.6 Å². The van der Waals surface area contributed by atoms with Gasteiger partial charge in [-0.3, -0.25) is 9.59 Å². The molecule has 1 saturated carbocycles. The Balaban J connectivity index is 1.51. The summed E-state index contributed by atoms with van der Waals surface area (Å²) in [6, 6.07) is 4.61. The molecule has 2 aliphatic rings. The number of halogens is 3. The van der Waals surface area contributed by atoms with Gasteiger partial charge in [0.15, 0.2) is 0 Å². The van der Waals surface area contributed by atoms with E-state index in [4.69, 9.17) is 0 Å². The largest absolute Gasteiger partial charge is 0.416 e. The van der Waals surface area contributed by atoms with Crippen LogP contribution in [0, 0.1) is 17.8 Å². The normalized spacial score (nSPS) is 28.2. The van der Waals surface area contributed by atoms with Crippen molar-refractivity contribution in [2.45, 2.75) is 51.2 Å². The molecule has 1 aliphatic carbocycles. The summed E-state index contributed by atoms with van der Waals surface area (Å²) in [5, 5.41) is 5.75. The second-order valence-electron chi connectivity index (χ2n) is 7.85. The highest BCUT2D eigenvalue weighted by Gasteiger charge is 2.38. The molecule has 0 radical (unpaired) electrons. The van der Waals surface area contributed by atoms with Gasteiger partial charge >= 0.3 is 6.18 Å². The number of nitrogens with one attached hydrogen (secondary N) is 2. The average Bonchev–Trinajstić information content (AvgIpc) is 2.61. The Bertz CT molecular complexity index is 705. The monoisotopic (exact) mass is 382 g/mol. The Morgan fingerprint density at radius 2 is 2.04 bits per heavy atom. The van der Waals surface area contributed by atoms with Crippen molar-refractivity contribution in [1.29, 1.82) is 0 Å². The summed E-state index contributed by atoms with van der Waals surface area (Å²) >= 11 is 0. The zero-order valence-corrected chi connectivity index (χ0v) is 15.3. The minimum atomic E-state index is -4.48. The molecule has 3 rings (SSSR count). The van der Waals surface area contributed by atoms with Crippen LogP contribution in [0.2, 0.25) is 0 Å². The zero-order valence-electron chi connectivity index (χ0n) is 15.3. The first kappa shape index (κ1) is 19.7. The third-order valence-electron chi connectivity index (χ3n) is 5.77. The Labute approximate surface area is 156 Å². The van der Waals surface area contributed by atoms with Crippen molar-refractivity contribution >= 4 is 11.8 Å². The van der Waals surface area contributed by atoms with E-state index in [-0.39, 0.29) is 30.0 Å². The lowest BCUT2D eigenvalue weighted by molar-refractivity contribution is -0.137. The van der Waals surface area contributed by atoms with Gasteiger partial charge in [-0.25, -0.2) is 0 Å². The quantitative estimate of drug-likeness (QED) is 0.833. The lowest BCUT2D eigenvalue weighted by Crippen LogP contribution is -2.52. The van der Waals surface area contributed by atoms with E-state index in [1.165, 1.54) is 18.6 Å². The van der Waals surface area contributed by atoms with Crippen molar-refractivity contribution in [3.05, 3.63) is 35.4 Å². The summed E-state index contributed by atoms with van der Waals surface area (Å²) in [6.45, 7) is 2.47. The molecular weight excluding hydrogens is 357 g/mol. The van der Waals surface area contributed by atoms with Crippen molar-refractivity contribution in [1.82, 2.24) is 10.6 Å². The molecule has 7 heteroatoms. The Hall–Kier alpha value is -2.05. The van der Waals surface area contributed by atoms with Crippen molar-refractivity contribution < 1.29 is 22.8 Å². The van der Waals surface area contributed by atoms with E-state index in [0.29, 0.717) is 18.3 Å². The maximum atomic E-state index is 12.8. The van der Waals surface area contributed by atoms with Gasteiger partial charge in [-0.05, 0) is 55.7 Å². The molecule has 1 aliphatic heterocycles. The van der Waals surface area contributed by atoms with Crippen LogP contribution in [-0.4, -0.2) is 24.4 Å². The molecule has 4 atom stereocenters. The van der Waals surface area contributed by atoms with Gasteiger partial charge in [-0.15, -0.1) is 0 Å². The minimum absolute atomic E-state index is 0.0265. The van der Waals surface area contributed by atoms with Crippen LogP contribution in [0.1, 0.15) is 54.9 Å². The second kappa shape index (κ2) is 7.90. The molecule has 0 spiro atoms. The van der Waals surface area contributed by atoms with Gasteiger partial charge < -0.3 is 10.6 Å². The third-order valence-corrected chi connectivity index (χ3v) is 5.77. The first-order valence-corrected chi connectivity index (χ1v) is 9.50. The Kier molecular flexibility index (Phi) is 5.77. The van der Waals surface area contributed by atoms with Gasteiger partial charge in [0.1, 0.15) is 0 Å². The predicted octanol–water partition coefficient (Wildman–Crippen LogP) is 3.77. The van der Waals surface area contributed by atoms with E-state index < -0.39 is 17.6 Å². The van der Waals surface area contributed by atoms with Crippen molar-refractivity contribution in [2.75, 3.05) is 6.54 Å². The fourth-order valence-corrected chi connectivity index (χ4v) is 4.22. The number of fused-ring (bicyclic) bond motifs is 1. The number of alkyl halides is 3. The lowest BCUT2D eigenvalue weighted by atomic mass is 9.72. The smallest absolute Gasteiger partial charge is 0.353 e. The number of benzene rings is 1. The van der Waals surface area contributed by atoms with Crippen LogP contribution in [0.4, 0.5) is 13.2 Å². The van der Waals surface area contributed by atoms with E-state index in [1.807, 2.05) is 0 Å². The topological polar surface area (TPSA) is 58.2 Å². The highest BCUT2D eigenvalue weighted by Crippen LogP contribution is 2.36. The van der Waals surface area contributed by atoms with Crippen LogP contribution in [0.25, 0.3) is 0 Å². The molecule has 4 nitrogen and oxygen atoms in total. The van der Waals surface area contributed by atoms with Gasteiger partial charge in [0.05, 0.1) is 5.56 Å². The molecule has 1 aromatic carbocycles. The number of rotatable bonds is 4. The van der Waals surface area contributed by atoms with E-state index >= 15 is 0 Å². The second-order valence-corrected chi connectivity index (χ2v) is 7.85. The summed E-state index contributed by atoms with van der Waals surface area (Å²) < 4.78 is 38.3.